The van der Waals surface area contributed by atoms with Gasteiger partial charge in [0.2, 0.25) is 5.91 Å². The summed E-state index contributed by atoms with van der Waals surface area (Å²) in [4.78, 5) is 12.4. The van der Waals surface area contributed by atoms with Crippen LogP contribution in [0.15, 0.2) is 54.7 Å². The van der Waals surface area contributed by atoms with Gasteiger partial charge in [0.1, 0.15) is 5.75 Å². The van der Waals surface area contributed by atoms with E-state index in [1.54, 1.807) is 7.11 Å². The van der Waals surface area contributed by atoms with Crippen LogP contribution >= 0.6 is 0 Å². The molecule has 4 heteroatoms. The largest absolute Gasteiger partial charge is 0.496 e. The molecule has 0 saturated heterocycles. The Morgan fingerprint density at radius 3 is 2.80 bits per heavy atom. The summed E-state index contributed by atoms with van der Waals surface area (Å²) in [5, 5.41) is 4.27. The number of carbonyl (C=O) groups is 1. The summed E-state index contributed by atoms with van der Waals surface area (Å²) in [5.74, 6) is 0.837. The summed E-state index contributed by atoms with van der Waals surface area (Å²) in [7, 11) is 1.65. The smallest absolute Gasteiger partial charge is 0.222 e. The fraction of sp³-hybridized carbons (Fsp3) is 0.286. The fourth-order valence-corrected chi connectivity index (χ4v) is 3.14. The van der Waals surface area contributed by atoms with Gasteiger partial charge in [-0.2, -0.15) is 0 Å². The first-order valence-electron chi connectivity index (χ1n) is 8.56. The summed E-state index contributed by atoms with van der Waals surface area (Å²) >= 11 is 0. The minimum absolute atomic E-state index is 0.0360. The highest BCUT2D eigenvalue weighted by Gasteiger charge is 2.14. The first-order chi connectivity index (χ1) is 12.1. The van der Waals surface area contributed by atoms with Gasteiger partial charge in [0.05, 0.1) is 13.2 Å². The third-order valence-corrected chi connectivity index (χ3v) is 4.49. The molecule has 0 radical (unpaired) electrons. The number of benzene rings is 2. The molecule has 0 unspecified atom stereocenters. The third kappa shape index (κ3) is 3.85. The topological polar surface area (TPSA) is 43.3 Å². The molecule has 0 aliphatic heterocycles. The zero-order valence-electron chi connectivity index (χ0n) is 15.0. The van der Waals surface area contributed by atoms with Gasteiger partial charge in [0, 0.05) is 30.2 Å². The van der Waals surface area contributed by atoms with Crippen LogP contribution in [0.3, 0.4) is 0 Å². The molecular formula is C21H24N2O2. The van der Waals surface area contributed by atoms with Crippen molar-refractivity contribution >= 4 is 16.8 Å². The van der Waals surface area contributed by atoms with Crippen LogP contribution < -0.4 is 10.1 Å². The number of nitrogens with zero attached hydrogens (tertiary/aromatic N) is 1. The lowest BCUT2D eigenvalue weighted by molar-refractivity contribution is -0.121. The molecule has 1 N–H and O–H groups in total. The van der Waals surface area contributed by atoms with E-state index in [-0.39, 0.29) is 11.9 Å². The van der Waals surface area contributed by atoms with Crippen molar-refractivity contribution in [2.45, 2.75) is 32.9 Å². The molecule has 0 aliphatic carbocycles. The van der Waals surface area contributed by atoms with Crippen molar-refractivity contribution in [1.29, 1.82) is 0 Å². The Morgan fingerprint density at radius 2 is 2.00 bits per heavy atom. The van der Waals surface area contributed by atoms with Gasteiger partial charge in [-0.1, -0.05) is 35.9 Å². The number of rotatable bonds is 6. The standard InChI is InChI=1S/C21H24N2O2/c1-15-8-9-20(25-3)18(14-15)16(2)22-21(24)11-13-23-12-10-17-6-4-5-7-19(17)23/h4-10,12,14,16H,11,13H2,1-3H3,(H,22,24)/t16-/m0/s1. The minimum Gasteiger partial charge on any atom is -0.496 e. The van der Waals surface area contributed by atoms with E-state index in [1.165, 1.54) is 5.39 Å². The second-order valence-corrected chi connectivity index (χ2v) is 6.35. The summed E-state index contributed by atoms with van der Waals surface area (Å²) in [6, 6.07) is 16.2. The van der Waals surface area contributed by atoms with E-state index in [1.807, 2.05) is 44.3 Å². The highest BCUT2D eigenvalue weighted by atomic mass is 16.5. The molecule has 1 heterocycles. The molecule has 25 heavy (non-hydrogen) atoms. The summed E-state index contributed by atoms with van der Waals surface area (Å²) in [6.07, 6.45) is 2.47. The summed E-state index contributed by atoms with van der Waals surface area (Å²) in [5.41, 5.74) is 3.31. The van der Waals surface area contributed by atoms with Gasteiger partial charge >= 0.3 is 0 Å². The predicted octanol–water partition coefficient (Wildman–Crippen LogP) is 4.23. The Balaban J connectivity index is 1.63. The van der Waals surface area contributed by atoms with Crippen LogP contribution in [0, 0.1) is 6.92 Å². The van der Waals surface area contributed by atoms with E-state index >= 15 is 0 Å². The first kappa shape index (κ1) is 17.1. The van der Waals surface area contributed by atoms with Gasteiger partial charge in [0.15, 0.2) is 0 Å². The minimum atomic E-state index is -0.0937. The highest BCUT2D eigenvalue weighted by molar-refractivity contribution is 5.80. The second kappa shape index (κ2) is 7.43. The van der Waals surface area contributed by atoms with Crippen molar-refractivity contribution in [2.24, 2.45) is 0 Å². The highest BCUT2D eigenvalue weighted by Crippen LogP contribution is 2.26. The molecule has 0 aliphatic rings. The number of carbonyl (C=O) groups excluding carboxylic acids is 1. The zero-order valence-corrected chi connectivity index (χ0v) is 15.0. The average molecular weight is 336 g/mol. The van der Waals surface area contributed by atoms with Crippen molar-refractivity contribution in [3.63, 3.8) is 0 Å². The summed E-state index contributed by atoms with van der Waals surface area (Å²) in [6.45, 7) is 4.69. The maximum Gasteiger partial charge on any atom is 0.222 e. The van der Waals surface area contributed by atoms with Crippen molar-refractivity contribution in [1.82, 2.24) is 9.88 Å². The molecule has 2 aromatic carbocycles. The lowest BCUT2D eigenvalue weighted by Crippen LogP contribution is -2.27. The summed E-state index contributed by atoms with van der Waals surface area (Å²) < 4.78 is 7.53. The van der Waals surface area contributed by atoms with Crippen LogP contribution in [0.5, 0.6) is 5.75 Å². The van der Waals surface area contributed by atoms with Crippen molar-refractivity contribution in [2.75, 3.05) is 7.11 Å². The second-order valence-electron chi connectivity index (χ2n) is 6.35. The number of ether oxygens (including phenoxy) is 1. The van der Waals surface area contributed by atoms with Crippen LogP contribution in [0.25, 0.3) is 10.9 Å². The van der Waals surface area contributed by atoms with Crippen molar-refractivity contribution in [3.8, 4) is 5.75 Å². The number of aromatic nitrogens is 1. The van der Waals surface area contributed by atoms with E-state index in [0.717, 1.165) is 22.4 Å². The van der Waals surface area contributed by atoms with E-state index in [0.29, 0.717) is 13.0 Å². The Labute approximate surface area is 148 Å². The van der Waals surface area contributed by atoms with Gasteiger partial charge in [-0.05, 0) is 37.4 Å². The van der Waals surface area contributed by atoms with Gasteiger partial charge in [0.25, 0.3) is 0 Å². The van der Waals surface area contributed by atoms with Gasteiger partial charge in [-0.25, -0.2) is 0 Å². The average Bonchev–Trinajstić information content (AvgIpc) is 3.03. The normalized spacial score (nSPS) is 12.1. The number of methoxy groups -OCH3 is 1. The lowest BCUT2D eigenvalue weighted by Gasteiger charge is -2.18. The Morgan fingerprint density at radius 1 is 1.20 bits per heavy atom. The molecule has 0 spiro atoms. The molecule has 0 saturated carbocycles. The Bertz CT molecular complexity index is 882. The van der Waals surface area contributed by atoms with Crippen LogP contribution in [-0.4, -0.2) is 17.6 Å². The molecule has 4 nitrogen and oxygen atoms in total. The molecule has 1 atom stereocenters. The number of amides is 1. The molecular weight excluding hydrogens is 312 g/mol. The quantitative estimate of drug-likeness (QED) is 0.732. The van der Waals surface area contributed by atoms with E-state index < -0.39 is 0 Å². The lowest BCUT2D eigenvalue weighted by atomic mass is 10.0. The van der Waals surface area contributed by atoms with Crippen molar-refractivity contribution < 1.29 is 9.53 Å². The van der Waals surface area contributed by atoms with Crippen LogP contribution in [0.1, 0.15) is 30.5 Å². The Hall–Kier alpha value is -2.75. The number of hydrogen-bond donors (Lipinski definition) is 1. The van der Waals surface area contributed by atoms with E-state index in [9.17, 15) is 4.79 Å². The third-order valence-electron chi connectivity index (χ3n) is 4.49. The monoisotopic (exact) mass is 336 g/mol. The molecule has 3 rings (SSSR count). The maximum absolute atomic E-state index is 12.4. The number of para-hydroxylation sites is 1. The molecule has 1 amide bonds. The van der Waals surface area contributed by atoms with Gasteiger partial charge in [-0.15, -0.1) is 0 Å². The number of aryl methyl sites for hydroxylation is 2. The SMILES string of the molecule is COc1ccc(C)cc1[C@H](C)NC(=O)CCn1ccc2ccccc21. The maximum atomic E-state index is 12.4. The molecule has 0 fully saturated rings. The number of nitrogens with one attached hydrogen (secondary N) is 1. The van der Waals surface area contributed by atoms with Crippen molar-refractivity contribution in [3.05, 3.63) is 65.9 Å². The first-order valence-corrected chi connectivity index (χ1v) is 8.56. The fourth-order valence-electron chi connectivity index (χ4n) is 3.14. The zero-order chi connectivity index (χ0) is 17.8. The number of hydrogen-bond acceptors (Lipinski definition) is 2. The molecule has 1 aromatic heterocycles. The van der Waals surface area contributed by atoms with Crippen LogP contribution in [-0.2, 0) is 11.3 Å². The van der Waals surface area contributed by atoms with Crippen LogP contribution in [0.2, 0.25) is 0 Å². The molecule has 0 bridgehead atoms. The Kier molecular flexibility index (Phi) is 5.08. The van der Waals surface area contributed by atoms with E-state index in [4.69, 9.17) is 4.74 Å². The molecule has 130 valence electrons. The number of fused-ring (bicyclic) bond motifs is 1. The predicted molar refractivity (Wildman–Crippen MR) is 101 cm³/mol. The van der Waals surface area contributed by atoms with Crippen LogP contribution in [0.4, 0.5) is 0 Å². The van der Waals surface area contributed by atoms with E-state index in [2.05, 4.69) is 34.1 Å². The van der Waals surface area contributed by atoms with Gasteiger partial charge < -0.3 is 14.6 Å². The van der Waals surface area contributed by atoms with Gasteiger partial charge in [-0.3, -0.25) is 4.79 Å². The molecule has 3 aromatic rings.